The number of nitrogens with zero attached hydrogens (tertiary/aromatic N) is 2. The van der Waals surface area contributed by atoms with Gasteiger partial charge in [0.15, 0.2) is 0 Å². The Morgan fingerprint density at radius 1 is 0.972 bits per heavy atom. The molecule has 2 N–H and O–H groups in total. The highest BCUT2D eigenvalue weighted by atomic mass is 32.2. The maximum atomic E-state index is 12.6. The first-order valence-electron chi connectivity index (χ1n) is 12.0. The van der Waals surface area contributed by atoms with Crippen molar-refractivity contribution < 1.29 is 4.74 Å². The second-order valence-corrected chi connectivity index (χ2v) is 11.0. The molecule has 2 aromatic heterocycles. The smallest absolute Gasteiger partial charge is 0.250 e. The average molecular weight is 515 g/mol. The highest BCUT2D eigenvalue weighted by Gasteiger charge is 2.22. The van der Waals surface area contributed by atoms with Crippen LogP contribution in [-0.4, -0.2) is 36.3 Å². The van der Waals surface area contributed by atoms with E-state index in [1.165, 1.54) is 19.6 Å². The molecular formula is C28H26N4O2S2. The van der Waals surface area contributed by atoms with Crippen LogP contribution >= 0.6 is 23.5 Å². The molecule has 2 aromatic carbocycles. The van der Waals surface area contributed by atoms with E-state index in [9.17, 15) is 4.79 Å². The van der Waals surface area contributed by atoms with Gasteiger partial charge in [-0.25, -0.2) is 0 Å². The van der Waals surface area contributed by atoms with Crippen LogP contribution in [0.4, 0.5) is 11.4 Å². The van der Waals surface area contributed by atoms with E-state index in [-0.39, 0.29) is 5.56 Å². The fourth-order valence-corrected chi connectivity index (χ4v) is 6.91. The minimum absolute atomic E-state index is 0.0840. The van der Waals surface area contributed by atoms with Gasteiger partial charge in [0.25, 0.3) is 0 Å². The normalized spacial score (nSPS) is 14.8. The number of anilines is 2. The van der Waals surface area contributed by atoms with E-state index in [4.69, 9.17) is 4.74 Å². The van der Waals surface area contributed by atoms with Crippen LogP contribution in [0, 0.1) is 6.92 Å². The Kier molecular flexibility index (Phi) is 6.48. The maximum absolute atomic E-state index is 12.6. The summed E-state index contributed by atoms with van der Waals surface area (Å²) in [5.74, 6) is 0. The van der Waals surface area contributed by atoms with Gasteiger partial charge in [-0.2, -0.15) is 0 Å². The molecule has 182 valence electrons. The number of ether oxygens (including phenoxy) is 1. The Bertz CT molecular complexity index is 1480. The lowest BCUT2D eigenvalue weighted by molar-refractivity contribution is 0.122. The molecule has 2 aliphatic heterocycles. The zero-order valence-electron chi connectivity index (χ0n) is 19.9. The molecule has 0 amide bonds. The number of H-pyrrole nitrogens is 1. The Morgan fingerprint density at radius 3 is 2.69 bits per heavy atom. The number of aryl methyl sites for hydroxylation is 1. The standard InChI is InChI=1S/C28H26N4O2S2/c1-18-4-2-5-20(30-18)17-29-19-8-9-24-26(14-19)35-25-7-3-6-22(28(25)36-24)23-15-21(16-27(33)31-23)32-10-12-34-13-11-32/h2-9,14-16,29H,10-13,17H2,1H3,(H,31,33). The SMILES string of the molecule is Cc1cccc(CNc2ccc3c(c2)Sc2cccc(-c4cc(N5CCOCC5)cc(=O)[nH]4)c2S3)n1. The van der Waals surface area contributed by atoms with E-state index in [2.05, 4.69) is 62.6 Å². The molecule has 4 aromatic rings. The first-order chi connectivity index (χ1) is 17.6. The number of aromatic nitrogens is 2. The molecule has 0 atom stereocenters. The van der Waals surface area contributed by atoms with E-state index in [1.807, 2.05) is 25.1 Å². The van der Waals surface area contributed by atoms with Crippen molar-refractivity contribution in [2.24, 2.45) is 0 Å². The van der Waals surface area contributed by atoms with Crippen LogP contribution in [0.3, 0.4) is 0 Å². The zero-order chi connectivity index (χ0) is 24.5. The van der Waals surface area contributed by atoms with E-state index < -0.39 is 0 Å². The molecular weight excluding hydrogens is 488 g/mol. The summed E-state index contributed by atoms with van der Waals surface area (Å²) >= 11 is 3.53. The molecule has 0 radical (unpaired) electrons. The number of benzene rings is 2. The summed E-state index contributed by atoms with van der Waals surface area (Å²) in [4.78, 5) is 27.3. The van der Waals surface area contributed by atoms with Gasteiger partial charge >= 0.3 is 0 Å². The number of aromatic amines is 1. The van der Waals surface area contributed by atoms with Crippen molar-refractivity contribution in [2.75, 3.05) is 36.5 Å². The lowest BCUT2D eigenvalue weighted by atomic mass is 10.1. The third-order valence-corrected chi connectivity index (χ3v) is 8.87. The molecule has 1 fully saturated rings. The van der Waals surface area contributed by atoms with Crippen LogP contribution in [-0.2, 0) is 11.3 Å². The van der Waals surface area contributed by atoms with Gasteiger partial charge in [0.2, 0.25) is 5.56 Å². The lowest BCUT2D eigenvalue weighted by Gasteiger charge is -2.29. The molecule has 36 heavy (non-hydrogen) atoms. The van der Waals surface area contributed by atoms with Gasteiger partial charge in [-0.3, -0.25) is 9.78 Å². The lowest BCUT2D eigenvalue weighted by Crippen LogP contribution is -2.36. The molecule has 0 bridgehead atoms. The van der Waals surface area contributed by atoms with Crippen molar-refractivity contribution in [1.29, 1.82) is 0 Å². The number of hydrogen-bond acceptors (Lipinski definition) is 7. The molecule has 0 aliphatic carbocycles. The maximum Gasteiger partial charge on any atom is 0.250 e. The largest absolute Gasteiger partial charge is 0.379 e. The molecule has 0 saturated carbocycles. The molecule has 6 rings (SSSR count). The van der Waals surface area contributed by atoms with E-state index in [1.54, 1.807) is 29.6 Å². The highest BCUT2D eigenvalue weighted by molar-refractivity contribution is 8.05. The number of morpholine rings is 1. The quantitative estimate of drug-likeness (QED) is 0.307. The summed E-state index contributed by atoms with van der Waals surface area (Å²) in [6.07, 6.45) is 0. The third kappa shape index (κ3) is 4.89. The van der Waals surface area contributed by atoms with Crippen LogP contribution in [0.15, 0.2) is 91.1 Å². The Balaban J connectivity index is 1.26. The van der Waals surface area contributed by atoms with Crippen molar-refractivity contribution in [3.63, 3.8) is 0 Å². The van der Waals surface area contributed by atoms with Crippen molar-refractivity contribution >= 4 is 34.9 Å². The molecule has 8 heteroatoms. The van der Waals surface area contributed by atoms with Crippen LogP contribution in [0.2, 0.25) is 0 Å². The molecule has 1 saturated heterocycles. The topological polar surface area (TPSA) is 70.2 Å². The summed E-state index contributed by atoms with van der Waals surface area (Å²) in [5, 5.41) is 3.50. The number of pyridine rings is 2. The van der Waals surface area contributed by atoms with Crippen molar-refractivity contribution in [3.05, 3.63) is 88.5 Å². The minimum Gasteiger partial charge on any atom is -0.379 e. The molecule has 0 spiro atoms. The Hall–Kier alpha value is -3.20. The number of rotatable bonds is 5. The monoisotopic (exact) mass is 514 g/mol. The summed E-state index contributed by atoms with van der Waals surface area (Å²) in [7, 11) is 0. The van der Waals surface area contributed by atoms with E-state index >= 15 is 0 Å². The summed E-state index contributed by atoms with van der Waals surface area (Å²) in [5.41, 5.74) is 5.89. The van der Waals surface area contributed by atoms with Crippen LogP contribution < -0.4 is 15.8 Å². The minimum atomic E-state index is -0.0840. The summed E-state index contributed by atoms with van der Waals surface area (Å²) in [6.45, 7) is 5.66. The van der Waals surface area contributed by atoms with Crippen molar-refractivity contribution in [2.45, 2.75) is 33.1 Å². The number of fused-ring (bicyclic) bond motifs is 2. The van der Waals surface area contributed by atoms with Gasteiger partial charge in [-0.15, -0.1) is 0 Å². The van der Waals surface area contributed by atoms with Gasteiger partial charge in [-0.1, -0.05) is 41.7 Å². The Morgan fingerprint density at radius 2 is 1.83 bits per heavy atom. The van der Waals surface area contributed by atoms with Crippen molar-refractivity contribution in [3.8, 4) is 11.3 Å². The predicted octanol–water partition coefficient (Wildman–Crippen LogP) is 5.81. The highest BCUT2D eigenvalue weighted by Crippen LogP contribution is 2.52. The summed E-state index contributed by atoms with van der Waals surface area (Å²) in [6, 6.07) is 22.7. The molecule has 4 heterocycles. The van der Waals surface area contributed by atoms with Gasteiger partial charge in [0, 0.05) is 61.4 Å². The second kappa shape index (κ2) is 10.0. The van der Waals surface area contributed by atoms with Gasteiger partial charge in [-0.05, 0) is 49.4 Å². The number of nitrogens with one attached hydrogen (secondary N) is 2. The van der Waals surface area contributed by atoms with Gasteiger partial charge < -0.3 is 19.9 Å². The van der Waals surface area contributed by atoms with Gasteiger partial charge in [0.05, 0.1) is 31.1 Å². The van der Waals surface area contributed by atoms with Crippen LogP contribution in [0.5, 0.6) is 0 Å². The van der Waals surface area contributed by atoms with Crippen LogP contribution in [0.1, 0.15) is 11.4 Å². The molecule has 2 aliphatic rings. The zero-order valence-corrected chi connectivity index (χ0v) is 21.5. The predicted molar refractivity (Wildman–Crippen MR) is 147 cm³/mol. The number of hydrogen-bond donors (Lipinski definition) is 2. The van der Waals surface area contributed by atoms with E-state index in [0.717, 1.165) is 47.1 Å². The third-order valence-electron chi connectivity index (χ3n) is 6.27. The molecule has 0 unspecified atom stereocenters. The summed E-state index contributed by atoms with van der Waals surface area (Å²) < 4.78 is 5.48. The first kappa shape index (κ1) is 23.2. The second-order valence-electron chi connectivity index (χ2n) is 8.84. The van der Waals surface area contributed by atoms with Crippen molar-refractivity contribution in [1.82, 2.24) is 9.97 Å². The first-order valence-corrected chi connectivity index (χ1v) is 13.6. The molecule has 6 nitrogen and oxygen atoms in total. The van der Waals surface area contributed by atoms with E-state index in [0.29, 0.717) is 19.8 Å². The average Bonchev–Trinajstić information content (AvgIpc) is 2.90. The van der Waals surface area contributed by atoms with Crippen LogP contribution in [0.25, 0.3) is 11.3 Å². The van der Waals surface area contributed by atoms with Gasteiger partial charge in [0.1, 0.15) is 0 Å². The Labute approximate surface area is 218 Å². The fraction of sp³-hybridized carbons (Fsp3) is 0.214. The fourth-order valence-electron chi connectivity index (χ4n) is 4.49.